The molecular formula is H5CaO4V. The quantitative estimate of drug-likeness (QED) is 0.425. The zero-order valence-electron chi connectivity index (χ0n) is 4.92. The van der Waals surface area contributed by atoms with Crippen LogP contribution in [-0.2, 0) is 22.7 Å². The average molecular weight is 160 g/mol. The van der Waals surface area contributed by atoms with Gasteiger partial charge in [-0.3, -0.25) is 0 Å². The van der Waals surface area contributed by atoms with Crippen molar-refractivity contribution < 1.29 is 35.1 Å². The summed E-state index contributed by atoms with van der Waals surface area (Å²) in [5.41, 5.74) is 0. The Hall–Kier alpha value is 1.36. The van der Waals surface area contributed by atoms with Gasteiger partial charge in [0.1, 0.15) is 0 Å². The third-order valence-corrected chi connectivity index (χ3v) is 0. The third-order valence-electron chi connectivity index (χ3n) is 0. The normalized spacial score (nSPS) is 4.17. The summed E-state index contributed by atoms with van der Waals surface area (Å²) in [5, 5.41) is 0. The van der Waals surface area contributed by atoms with E-state index in [4.69, 9.17) is 11.4 Å². The molecule has 0 aromatic rings. The van der Waals surface area contributed by atoms with E-state index in [9.17, 15) is 0 Å². The summed E-state index contributed by atoms with van der Waals surface area (Å²) < 4.78 is 24.4. The fraction of sp³-hybridized carbons (Fsp3) is 0. The molecule has 0 saturated heterocycles. The van der Waals surface area contributed by atoms with Crippen LogP contribution in [0.3, 0.4) is 0 Å². The van der Waals surface area contributed by atoms with Crippen molar-refractivity contribution in [3.8, 4) is 0 Å². The third kappa shape index (κ3) is 54.9. The van der Waals surface area contributed by atoms with Crippen LogP contribution >= 0.6 is 0 Å². The summed E-state index contributed by atoms with van der Waals surface area (Å²) in [5.74, 6) is 0. The fourth-order valence-electron chi connectivity index (χ4n) is 0. The van der Waals surface area contributed by atoms with Gasteiger partial charge >= 0.3 is 64.5 Å². The second-order valence-electron chi connectivity index (χ2n) is 0.238. The average Bonchev–Trinajstić information content (AvgIpc) is 0.811. The van der Waals surface area contributed by atoms with Gasteiger partial charge in [0.15, 0.2) is 0 Å². The number of rotatable bonds is 0. The molecule has 0 aromatic carbocycles. The van der Waals surface area contributed by atoms with Gasteiger partial charge < -0.3 is 8.33 Å². The van der Waals surface area contributed by atoms with Crippen molar-refractivity contribution in [2.24, 2.45) is 0 Å². The maximum atomic E-state index is 8.67. The van der Waals surface area contributed by atoms with Gasteiger partial charge in [-0.15, -0.1) is 0 Å². The Morgan fingerprint density at radius 2 is 1.50 bits per heavy atom. The second-order valence-corrected chi connectivity index (χ2v) is 0.981. The van der Waals surface area contributed by atoms with Crippen LogP contribution in [0.2, 0.25) is 0 Å². The molecule has 0 saturated carbocycles. The predicted octanol–water partition coefficient (Wildman–Crippen LogP) is -1.78. The molecule has 36 valence electrons. The first kappa shape index (κ1) is 15.7. The van der Waals surface area contributed by atoms with Gasteiger partial charge in [-0.2, -0.15) is 0 Å². The first-order chi connectivity index (χ1) is 1.73. The van der Waals surface area contributed by atoms with E-state index in [0.717, 1.165) is 0 Å². The van der Waals surface area contributed by atoms with E-state index in [1.54, 1.807) is 0 Å². The van der Waals surface area contributed by atoms with Gasteiger partial charge in [0, 0.05) is 0 Å². The SMILES string of the molecule is O.[Ca+2].[H-].[H-].[O]=[V](=[O])[OH]. The molecule has 0 aliphatic rings. The molecule has 4 nitrogen and oxygen atoms in total. The Morgan fingerprint density at radius 3 is 1.50 bits per heavy atom. The molecule has 0 aliphatic heterocycles. The molecule has 0 heterocycles. The predicted molar refractivity (Wildman–Crippen MR) is 15.2 cm³/mol. The molecule has 0 radical (unpaired) electrons. The summed E-state index contributed by atoms with van der Waals surface area (Å²) in [7, 11) is 0. The Kier molecular flexibility index (Phi) is 25.1. The second kappa shape index (κ2) is 9.61. The van der Waals surface area contributed by atoms with Gasteiger partial charge in [-0.1, -0.05) is 0 Å². The molecular weight excluding hydrogens is 155 g/mol. The van der Waals surface area contributed by atoms with Crippen molar-refractivity contribution in [3.63, 3.8) is 0 Å². The maximum absolute atomic E-state index is 8.67. The monoisotopic (exact) mass is 160 g/mol. The van der Waals surface area contributed by atoms with Gasteiger partial charge in [-0.05, 0) is 0 Å². The van der Waals surface area contributed by atoms with Crippen molar-refractivity contribution >= 4 is 37.7 Å². The van der Waals surface area contributed by atoms with Crippen LogP contribution in [0.5, 0.6) is 0 Å². The first-order valence-corrected chi connectivity index (χ1v) is 2.33. The van der Waals surface area contributed by atoms with E-state index < -0.39 is 15.4 Å². The van der Waals surface area contributed by atoms with Crippen LogP contribution in [0.1, 0.15) is 2.85 Å². The Balaban J connectivity index is -0.00000000750. The molecule has 0 spiro atoms. The summed E-state index contributed by atoms with van der Waals surface area (Å²) in [6, 6.07) is 0. The molecule has 0 unspecified atom stereocenters. The van der Waals surface area contributed by atoms with Gasteiger partial charge in [0.05, 0.1) is 0 Å². The number of hydrogen-bond acceptors (Lipinski definition) is 2. The van der Waals surface area contributed by atoms with Gasteiger partial charge in [0.25, 0.3) is 0 Å². The molecule has 0 atom stereocenters. The van der Waals surface area contributed by atoms with Crippen LogP contribution in [0.25, 0.3) is 0 Å². The molecule has 3 N–H and O–H groups in total. The summed E-state index contributed by atoms with van der Waals surface area (Å²) >= 11 is -3.69. The van der Waals surface area contributed by atoms with Crippen LogP contribution < -0.4 is 0 Å². The molecule has 6 heavy (non-hydrogen) atoms. The van der Waals surface area contributed by atoms with Crippen molar-refractivity contribution in [1.82, 2.24) is 0 Å². The molecule has 6 heteroatoms. The van der Waals surface area contributed by atoms with Gasteiger partial charge in [0.2, 0.25) is 0 Å². The zero-order chi connectivity index (χ0) is 3.58. The summed E-state index contributed by atoms with van der Waals surface area (Å²) in [6.45, 7) is 0. The van der Waals surface area contributed by atoms with E-state index in [-0.39, 0.29) is 46.1 Å². The van der Waals surface area contributed by atoms with Crippen LogP contribution in [0, 0.1) is 0 Å². The van der Waals surface area contributed by atoms with Gasteiger partial charge in [-0.25, -0.2) is 0 Å². The Morgan fingerprint density at radius 1 is 1.50 bits per heavy atom. The zero-order valence-corrected chi connectivity index (χ0v) is 6.52. The van der Waals surface area contributed by atoms with E-state index in [1.807, 2.05) is 0 Å². The molecule has 0 rings (SSSR count). The Labute approximate surface area is 72.2 Å². The molecule has 0 amide bonds. The first-order valence-electron chi connectivity index (χ1n) is 0.565. The van der Waals surface area contributed by atoms with E-state index in [2.05, 4.69) is 0 Å². The molecule has 0 fully saturated rings. The summed E-state index contributed by atoms with van der Waals surface area (Å²) in [4.78, 5) is 0. The Bertz CT molecular complexity index is 62.4. The van der Waals surface area contributed by atoms with Crippen molar-refractivity contribution in [2.45, 2.75) is 0 Å². The number of hydrogen-bond donors (Lipinski definition) is 1. The van der Waals surface area contributed by atoms with E-state index in [0.29, 0.717) is 0 Å². The molecule has 0 bridgehead atoms. The van der Waals surface area contributed by atoms with Crippen LogP contribution in [0.15, 0.2) is 0 Å². The standard InChI is InChI=1S/Ca.2H2O.2O.V.2H/h;2*1H2;;;;;/q+2;;;;;+1;2*-1/p-1. The molecule has 0 aliphatic carbocycles. The van der Waals surface area contributed by atoms with Crippen molar-refractivity contribution in [2.75, 3.05) is 0 Å². The van der Waals surface area contributed by atoms with Crippen molar-refractivity contribution in [1.29, 1.82) is 0 Å². The van der Waals surface area contributed by atoms with Crippen molar-refractivity contribution in [3.05, 3.63) is 0 Å². The van der Waals surface area contributed by atoms with Crippen LogP contribution in [0.4, 0.5) is 0 Å². The topological polar surface area (TPSA) is 85.9 Å². The summed E-state index contributed by atoms with van der Waals surface area (Å²) in [6.07, 6.45) is 0. The van der Waals surface area contributed by atoms with Crippen LogP contribution in [-0.4, -0.2) is 47.2 Å². The van der Waals surface area contributed by atoms with E-state index in [1.165, 1.54) is 0 Å². The molecule has 0 aromatic heterocycles. The fourth-order valence-corrected chi connectivity index (χ4v) is 0. The minimum atomic E-state index is -3.69. The minimum absolute atomic E-state index is 0. The van der Waals surface area contributed by atoms with E-state index >= 15 is 0 Å².